The third-order valence-corrected chi connectivity index (χ3v) is 4.24. The van der Waals surface area contributed by atoms with E-state index < -0.39 is 0 Å². The zero-order valence-electron chi connectivity index (χ0n) is 13.1. The first-order valence-corrected chi connectivity index (χ1v) is 7.74. The van der Waals surface area contributed by atoms with Gasteiger partial charge in [-0.2, -0.15) is 5.10 Å². The van der Waals surface area contributed by atoms with Crippen LogP contribution in [-0.2, 0) is 4.79 Å². The minimum absolute atomic E-state index is 0.146. The summed E-state index contributed by atoms with van der Waals surface area (Å²) in [6.45, 7) is 7.29. The van der Waals surface area contributed by atoms with Crippen LogP contribution in [0.5, 0.6) is 0 Å². The van der Waals surface area contributed by atoms with Gasteiger partial charge in [0.25, 0.3) is 0 Å². The van der Waals surface area contributed by atoms with Crippen LogP contribution in [0.4, 0.5) is 5.69 Å². The SMILES string of the molecule is Cc1cccc(N2CCN(C(=O)[C@@H](C)n3cccn3)CC2)c1. The van der Waals surface area contributed by atoms with E-state index in [1.54, 1.807) is 10.9 Å². The van der Waals surface area contributed by atoms with E-state index >= 15 is 0 Å². The first-order valence-electron chi connectivity index (χ1n) is 7.74. The fraction of sp³-hybridized carbons (Fsp3) is 0.412. The molecule has 1 saturated heterocycles. The van der Waals surface area contributed by atoms with Crippen molar-refractivity contribution in [2.75, 3.05) is 31.1 Å². The molecule has 1 fully saturated rings. The highest BCUT2D eigenvalue weighted by Gasteiger charge is 2.26. The molecule has 1 aliphatic heterocycles. The van der Waals surface area contributed by atoms with E-state index in [9.17, 15) is 4.79 Å². The molecule has 0 N–H and O–H groups in total. The molecule has 0 bridgehead atoms. The standard InChI is InChI=1S/C17H22N4O/c1-14-5-3-6-16(13-14)19-9-11-20(12-10-19)17(22)15(2)21-8-4-7-18-21/h3-8,13,15H,9-12H2,1-2H3/t15-/m1/s1. The second-order valence-electron chi connectivity index (χ2n) is 5.81. The Hall–Kier alpha value is -2.30. The van der Waals surface area contributed by atoms with E-state index in [0.29, 0.717) is 0 Å². The molecule has 0 unspecified atom stereocenters. The number of rotatable bonds is 3. The van der Waals surface area contributed by atoms with Gasteiger partial charge in [0.15, 0.2) is 0 Å². The predicted octanol–water partition coefficient (Wildman–Crippen LogP) is 2.10. The van der Waals surface area contributed by atoms with Crippen LogP contribution in [-0.4, -0.2) is 46.8 Å². The van der Waals surface area contributed by atoms with Crippen LogP contribution in [0.25, 0.3) is 0 Å². The van der Waals surface area contributed by atoms with Crippen molar-refractivity contribution in [3.05, 3.63) is 48.3 Å². The summed E-state index contributed by atoms with van der Waals surface area (Å²) < 4.78 is 1.72. The van der Waals surface area contributed by atoms with Crippen molar-refractivity contribution in [1.29, 1.82) is 0 Å². The Morgan fingerprint density at radius 3 is 2.59 bits per heavy atom. The highest BCUT2D eigenvalue weighted by atomic mass is 16.2. The minimum atomic E-state index is -0.236. The summed E-state index contributed by atoms with van der Waals surface area (Å²) in [5.74, 6) is 0.146. The number of carbonyl (C=O) groups excluding carboxylic acids is 1. The van der Waals surface area contributed by atoms with Gasteiger partial charge in [-0.15, -0.1) is 0 Å². The van der Waals surface area contributed by atoms with E-state index in [4.69, 9.17) is 0 Å². The largest absolute Gasteiger partial charge is 0.368 e. The smallest absolute Gasteiger partial charge is 0.247 e. The molecule has 0 saturated carbocycles. The lowest BCUT2D eigenvalue weighted by Gasteiger charge is -2.37. The van der Waals surface area contributed by atoms with Gasteiger partial charge in [0.05, 0.1) is 0 Å². The van der Waals surface area contributed by atoms with Gasteiger partial charge in [0.1, 0.15) is 6.04 Å². The zero-order valence-corrected chi connectivity index (χ0v) is 13.1. The highest BCUT2D eigenvalue weighted by molar-refractivity contribution is 5.80. The summed E-state index contributed by atoms with van der Waals surface area (Å²) >= 11 is 0. The Bertz CT molecular complexity index is 630. The number of aryl methyl sites for hydroxylation is 1. The lowest BCUT2D eigenvalue weighted by Crippen LogP contribution is -2.50. The van der Waals surface area contributed by atoms with E-state index in [1.807, 2.05) is 24.1 Å². The van der Waals surface area contributed by atoms with Crippen LogP contribution >= 0.6 is 0 Å². The average Bonchev–Trinajstić information content (AvgIpc) is 3.08. The molecule has 22 heavy (non-hydrogen) atoms. The fourth-order valence-corrected chi connectivity index (χ4v) is 2.90. The average molecular weight is 298 g/mol. The Kier molecular flexibility index (Phi) is 4.13. The van der Waals surface area contributed by atoms with Crippen LogP contribution in [0.3, 0.4) is 0 Å². The van der Waals surface area contributed by atoms with Crippen LogP contribution in [0, 0.1) is 6.92 Å². The summed E-state index contributed by atoms with van der Waals surface area (Å²) in [5.41, 5.74) is 2.51. The summed E-state index contributed by atoms with van der Waals surface area (Å²) in [6, 6.07) is 10.1. The molecule has 1 aliphatic rings. The molecular formula is C17H22N4O. The third-order valence-electron chi connectivity index (χ3n) is 4.24. The molecule has 0 aliphatic carbocycles. The maximum Gasteiger partial charge on any atom is 0.247 e. The number of aromatic nitrogens is 2. The minimum Gasteiger partial charge on any atom is -0.368 e. The molecule has 5 nitrogen and oxygen atoms in total. The van der Waals surface area contributed by atoms with Crippen molar-refractivity contribution in [3.63, 3.8) is 0 Å². The maximum absolute atomic E-state index is 12.5. The lowest BCUT2D eigenvalue weighted by molar-refractivity contribution is -0.134. The number of nitrogens with zero attached hydrogens (tertiary/aromatic N) is 4. The zero-order chi connectivity index (χ0) is 15.5. The number of amides is 1. The van der Waals surface area contributed by atoms with Gasteiger partial charge in [-0.1, -0.05) is 12.1 Å². The second-order valence-corrected chi connectivity index (χ2v) is 5.81. The van der Waals surface area contributed by atoms with E-state index in [0.717, 1.165) is 26.2 Å². The Morgan fingerprint density at radius 2 is 1.95 bits per heavy atom. The molecule has 1 atom stereocenters. The van der Waals surface area contributed by atoms with E-state index in [2.05, 4.69) is 41.2 Å². The summed E-state index contributed by atoms with van der Waals surface area (Å²) in [7, 11) is 0. The molecular weight excluding hydrogens is 276 g/mol. The van der Waals surface area contributed by atoms with Crippen LogP contribution in [0.2, 0.25) is 0 Å². The first-order chi connectivity index (χ1) is 10.6. The Labute approximate surface area is 131 Å². The summed E-state index contributed by atoms with van der Waals surface area (Å²) in [6.07, 6.45) is 3.55. The maximum atomic E-state index is 12.5. The normalized spacial score (nSPS) is 16.6. The third kappa shape index (κ3) is 2.98. The second kappa shape index (κ2) is 6.22. The molecule has 5 heteroatoms. The summed E-state index contributed by atoms with van der Waals surface area (Å²) in [4.78, 5) is 16.8. The number of hydrogen-bond donors (Lipinski definition) is 0. The summed E-state index contributed by atoms with van der Waals surface area (Å²) in [5, 5.41) is 4.16. The monoisotopic (exact) mass is 298 g/mol. The van der Waals surface area contributed by atoms with Gasteiger partial charge in [-0.3, -0.25) is 9.48 Å². The Morgan fingerprint density at radius 1 is 1.18 bits per heavy atom. The topological polar surface area (TPSA) is 41.4 Å². The van der Waals surface area contributed by atoms with Crippen molar-refractivity contribution in [2.24, 2.45) is 0 Å². The van der Waals surface area contributed by atoms with Crippen molar-refractivity contribution >= 4 is 11.6 Å². The van der Waals surface area contributed by atoms with Gasteiger partial charge in [-0.05, 0) is 37.6 Å². The van der Waals surface area contributed by atoms with Crippen molar-refractivity contribution in [2.45, 2.75) is 19.9 Å². The first kappa shape index (κ1) is 14.6. The fourth-order valence-electron chi connectivity index (χ4n) is 2.90. The molecule has 0 radical (unpaired) electrons. The highest BCUT2D eigenvalue weighted by Crippen LogP contribution is 2.19. The van der Waals surface area contributed by atoms with Gasteiger partial charge in [0.2, 0.25) is 5.91 Å². The van der Waals surface area contributed by atoms with Crippen LogP contribution in [0.1, 0.15) is 18.5 Å². The van der Waals surface area contributed by atoms with Gasteiger partial charge >= 0.3 is 0 Å². The number of hydrogen-bond acceptors (Lipinski definition) is 3. The van der Waals surface area contributed by atoms with E-state index in [1.165, 1.54) is 11.3 Å². The predicted molar refractivity (Wildman–Crippen MR) is 86.9 cm³/mol. The molecule has 2 aromatic rings. The quantitative estimate of drug-likeness (QED) is 0.871. The van der Waals surface area contributed by atoms with E-state index in [-0.39, 0.29) is 11.9 Å². The molecule has 2 heterocycles. The molecule has 0 spiro atoms. The molecule has 116 valence electrons. The van der Waals surface area contributed by atoms with Gasteiger partial charge in [-0.25, -0.2) is 0 Å². The number of anilines is 1. The molecule has 1 aromatic heterocycles. The molecule has 1 aromatic carbocycles. The number of carbonyl (C=O) groups is 1. The van der Waals surface area contributed by atoms with Crippen molar-refractivity contribution < 1.29 is 4.79 Å². The Balaban J connectivity index is 1.61. The van der Waals surface area contributed by atoms with Gasteiger partial charge < -0.3 is 9.80 Å². The number of benzene rings is 1. The molecule has 1 amide bonds. The van der Waals surface area contributed by atoms with Crippen molar-refractivity contribution in [3.8, 4) is 0 Å². The van der Waals surface area contributed by atoms with Crippen molar-refractivity contribution in [1.82, 2.24) is 14.7 Å². The van der Waals surface area contributed by atoms with Crippen LogP contribution < -0.4 is 4.90 Å². The lowest BCUT2D eigenvalue weighted by atomic mass is 10.2. The van der Waals surface area contributed by atoms with Crippen LogP contribution in [0.15, 0.2) is 42.7 Å². The van der Waals surface area contributed by atoms with Gasteiger partial charge in [0, 0.05) is 44.3 Å². The number of piperazine rings is 1. The molecule has 3 rings (SSSR count).